The van der Waals surface area contributed by atoms with E-state index in [1.807, 2.05) is 6.07 Å². The lowest BCUT2D eigenvalue weighted by atomic mass is 9.96. The Bertz CT molecular complexity index is 441. The highest BCUT2D eigenvalue weighted by Crippen LogP contribution is 2.29. The first kappa shape index (κ1) is 11.6. The maximum absolute atomic E-state index is 4.39. The number of hydrogen-bond acceptors (Lipinski definition) is 2. The van der Waals surface area contributed by atoms with Crippen molar-refractivity contribution < 1.29 is 0 Å². The third kappa shape index (κ3) is 2.28. The molecule has 2 aromatic rings. The molecule has 0 aliphatic heterocycles. The molecule has 2 rings (SSSR count). The van der Waals surface area contributed by atoms with E-state index in [9.17, 15) is 0 Å². The van der Waals surface area contributed by atoms with E-state index < -0.39 is 0 Å². The summed E-state index contributed by atoms with van der Waals surface area (Å²) < 4.78 is 0. The van der Waals surface area contributed by atoms with Gasteiger partial charge in [-0.3, -0.25) is 0 Å². The average molecular weight is 246 g/mol. The fourth-order valence-electron chi connectivity index (χ4n) is 1.89. The molecule has 0 bridgehead atoms. The van der Waals surface area contributed by atoms with Crippen molar-refractivity contribution in [1.82, 2.24) is 0 Å². The molecule has 0 amide bonds. The molecule has 0 fully saturated rings. The topological polar surface area (TPSA) is 0 Å². The highest BCUT2D eigenvalue weighted by Gasteiger charge is 2.07. The fourth-order valence-corrected chi connectivity index (χ4v) is 2.42. The first-order valence-corrected chi connectivity index (χ1v) is 6.51. The molecule has 82 valence electrons. The molecule has 0 heterocycles. The van der Waals surface area contributed by atoms with Crippen LogP contribution in [0.25, 0.3) is 11.1 Å². The molecule has 0 nitrogen and oxygen atoms in total. The van der Waals surface area contributed by atoms with E-state index in [4.69, 9.17) is 0 Å². The highest BCUT2D eigenvalue weighted by atomic mass is 32.1. The van der Waals surface area contributed by atoms with Crippen molar-refractivity contribution >= 4 is 25.3 Å². The van der Waals surface area contributed by atoms with Crippen molar-refractivity contribution in [2.75, 3.05) is 0 Å². The van der Waals surface area contributed by atoms with Gasteiger partial charge in [0, 0.05) is 11.5 Å². The standard InChI is InChI=1S/C14H14S2/c15-9-12-7-4-8-13(10-16)14(12)11-5-2-1-3-6-11/h1-8,15-16H,9-10H2. The largest absolute Gasteiger partial charge is 0.175 e. The van der Waals surface area contributed by atoms with Crippen LogP contribution in [0.1, 0.15) is 11.1 Å². The van der Waals surface area contributed by atoms with E-state index in [1.165, 1.54) is 22.3 Å². The SMILES string of the molecule is SCc1cccc(CS)c1-c1ccccc1. The number of thiol groups is 2. The lowest BCUT2D eigenvalue weighted by Crippen LogP contribution is -1.92. The summed E-state index contributed by atoms with van der Waals surface area (Å²) in [6, 6.07) is 16.8. The molecule has 0 spiro atoms. The van der Waals surface area contributed by atoms with E-state index in [-0.39, 0.29) is 0 Å². The maximum Gasteiger partial charge on any atom is 0.0160 e. The van der Waals surface area contributed by atoms with Gasteiger partial charge in [0.2, 0.25) is 0 Å². The van der Waals surface area contributed by atoms with Crippen molar-refractivity contribution in [3.63, 3.8) is 0 Å². The monoisotopic (exact) mass is 246 g/mol. The Morgan fingerprint density at radius 1 is 0.688 bits per heavy atom. The van der Waals surface area contributed by atoms with Gasteiger partial charge >= 0.3 is 0 Å². The summed E-state index contributed by atoms with van der Waals surface area (Å²) in [6.07, 6.45) is 0. The molecule has 0 radical (unpaired) electrons. The van der Waals surface area contributed by atoms with Crippen LogP contribution in [0, 0.1) is 0 Å². The van der Waals surface area contributed by atoms with E-state index in [0.717, 1.165) is 11.5 Å². The summed E-state index contributed by atoms with van der Waals surface area (Å²) in [7, 11) is 0. The molecule has 0 N–H and O–H groups in total. The summed E-state index contributed by atoms with van der Waals surface area (Å²) >= 11 is 8.78. The summed E-state index contributed by atoms with van der Waals surface area (Å²) in [6.45, 7) is 0. The Morgan fingerprint density at radius 3 is 1.75 bits per heavy atom. The van der Waals surface area contributed by atoms with E-state index >= 15 is 0 Å². The van der Waals surface area contributed by atoms with Crippen molar-refractivity contribution in [3.05, 3.63) is 59.7 Å². The van der Waals surface area contributed by atoms with Gasteiger partial charge in [0.1, 0.15) is 0 Å². The van der Waals surface area contributed by atoms with Gasteiger partial charge in [-0.15, -0.1) is 0 Å². The van der Waals surface area contributed by atoms with E-state index in [1.54, 1.807) is 0 Å². The van der Waals surface area contributed by atoms with E-state index in [2.05, 4.69) is 67.7 Å². The van der Waals surface area contributed by atoms with Gasteiger partial charge in [-0.25, -0.2) is 0 Å². The molecule has 2 heteroatoms. The Kier molecular flexibility index (Phi) is 3.97. The van der Waals surface area contributed by atoms with Crippen molar-refractivity contribution in [3.8, 4) is 11.1 Å². The summed E-state index contributed by atoms with van der Waals surface area (Å²) in [5.41, 5.74) is 5.06. The molecule has 16 heavy (non-hydrogen) atoms. The van der Waals surface area contributed by atoms with Crippen molar-refractivity contribution in [1.29, 1.82) is 0 Å². The molecule has 0 aliphatic carbocycles. The molecule has 0 saturated heterocycles. The van der Waals surface area contributed by atoms with Crippen LogP contribution in [-0.2, 0) is 11.5 Å². The van der Waals surface area contributed by atoms with Gasteiger partial charge in [0.15, 0.2) is 0 Å². The predicted molar refractivity (Wildman–Crippen MR) is 77.3 cm³/mol. The second kappa shape index (κ2) is 5.46. The third-order valence-corrected chi connectivity index (χ3v) is 3.32. The Morgan fingerprint density at radius 2 is 1.25 bits per heavy atom. The van der Waals surface area contributed by atoms with Gasteiger partial charge in [-0.2, -0.15) is 25.3 Å². The lowest BCUT2D eigenvalue weighted by molar-refractivity contribution is 1.34. The zero-order chi connectivity index (χ0) is 11.4. The smallest absolute Gasteiger partial charge is 0.0160 e. The van der Waals surface area contributed by atoms with Crippen LogP contribution >= 0.6 is 25.3 Å². The summed E-state index contributed by atoms with van der Waals surface area (Å²) in [5.74, 6) is 1.51. The molecule has 0 unspecified atom stereocenters. The van der Waals surface area contributed by atoms with Crippen LogP contribution < -0.4 is 0 Å². The van der Waals surface area contributed by atoms with Crippen LogP contribution in [0.4, 0.5) is 0 Å². The molecule has 2 aromatic carbocycles. The highest BCUT2D eigenvalue weighted by molar-refractivity contribution is 7.79. The number of hydrogen-bond donors (Lipinski definition) is 2. The van der Waals surface area contributed by atoms with Crippen molar-refractivity contribution in [2.45, 2.75) is 11.5 Å². The fraction of sp³-hybridized carbons (Fsp3) is 0.143. The summed E-state index contributed by atoms with van der Waals surface area (Å²) in [5, 5.41) is 0. The third-order valence-electron chi connectivity index (χ3n) is 2.64. The normalized spacial score (nSPS) is 10.4. The molecule has 0 atom stereocenters. The maximum atomic E-state index is 4.39. The second-order valence-corrected chi connectivity index (χ2v) is 4.27. The Hall–Kier alpha value is -0.860. The van der Waals surface area contributed by atoms with Gasteiger partial charge < -0.3 is 0 Å². The quantitative estimate of drug-likeness (QED) is 0.745. The van der Waals surface area contributed by atoms with Crippen molar-refractivity contribution in [2.24, 2.45) is 0 Å². The van der Waals surface area contributed by atoms with E-state index in [0.29, 0.717) is 0 Å². The van der Waals surface area contributed by atoms with Crippen LogP contribution in [-0.4, -0.2) is 0 Å². The molecular formula is C14H14S2. The molecule has 0 aromatic heterocycles. The average Bonchev–Trinajstić information content (AvgIpc) is 2.38. The number of benzene rings is 2. The van der Waals surface area contributed by atoms with Gasteiger partial charge in [0.05, 0.1) is 0 Å². The zero-order valence-electron chi connectivity index (χ0n) is 8.93. The summed E-state index contributed by atoms with van der Waals surface area (Å²) in [4.78, 5) is 0. The van der Waals surface area contributed by atoms with Crippen LogP contribution in [0.15, 0.2) is 48.5 Å². The van der Waals surface area contributed by atoms with Gasteiger partial charge in [-0.1, -0.05) is 48.5 Å². The molecular weight excluding hydrogens is 232 g/mol. The molecule has 0 saturated carbocycles. The Labute approximate surface area is 108 Å². The number of rotatable bonds is 3. The first-order valence-electron chi connectivity index (χ1n) is 5.24. The minimum atomic E-state index is 0.756. The van der Waals surface area contributed by atoms with Gasteiger partial charge in [0.25, 0.3) is 0 Å². The second-order valence-electron chi connectivity index (χ2n) is 3.63. The first-order chi connectivity index (χ1) is 7.86. The zero-order valence-corrected chi connectivity index (χ0v) is 10.7. The van der Waals surface area contributed by atoms with Crippen LogP contribution in [0.3, 0.4) is 0 Å². The van der Waals surface area contributed by atoms with Crippen LogP contribution in [0.5, 0.6) is 0 Å². The molecule has 0 aliphatic rings. The lowest BCUT2D eigenvalue weighted by Gasteiger charge is -2.12. The predicted octanol–water partition coefficient (Wildman–Crippen LogP) is 4.21. The minimum absolute atomic E-state index is 0.756. The van der Waals surface area contributed by atoms with Crippen LogP contribution in [0.2, 0.25) is 0 Å². The Balaban J connectivity index is 2.62. The van der Waals surface area contributed by atoms with Gasteiger partial charge in [-0.05, 0) is 22.3 Å². The minimum Gasteiger partial charge on any atom is -0.175 e.